The third kappa shape index (κ3) is 6.47. The summed E-state index contributed by atoms with van der Waals surface area (Å²) in [5.41, 5.74) is 0. The first-order valence-corrected chi connectivity index (χ1v) is 8.02. The molecule has 4 atom stereocenters. The van der Waals surface area contributed by atoms with Crippen molar-refractivity contribution in [2.24, 2.45) is 0 Å². The molecular weight excluding hydrogens is 328 g/mol. The molecule has 1 aliphatic rings. The normalized spacial score (nSPS) is 26.8. The molecule has 1 rings (SSSR count). The van der Waals surface area contributed by atoms with Crippen LogP contribution in [0, 0.1) is 0 Å². The van der Waals surface area contributed by atoms with Gasteiger partial charge in [0.05, 0.1) is 5.25 Å². The lowest BCUT2D eigenvalue weighted by Crippen LogP contribution is -2.55. The summed E-state index contributed by atoms with van der Waals surface area (Å²) in [4.78, 5) is 44.9. The van der Waals surface area contributed by atoms with Crippen LogP contribution in [-0.4, -0.2) is 59.8 Å². The van der Waals surface area contributed by atoms with Gasteiger partial charge in [0, 0.05) is 33.4 Å². The minimum absolute atomic E-state index is 0.0114. The molecule has 0 aromatic carbocycles. The largest absolute Gasteiger partial charge is 0.465 e. The second kappa shape index (κ2) is 8.76. The first-order valence-electron chi connectivity index (χ1n) is 6.97. The minimum Gasteiger partial charge on any atom is -0.465 e. The van der Waals surface area contributed by atoms with Crippen LogP contribution in [-0.2, 0) is 38.1 Å². The molecular formula is C14H20O8S. The maximum absolute atomic E-state index is 11.4. The number of hydrogen-bond donors (Lipinski definition) is 0. The van der Waals surface area contributed by atoms with Crippen molar-refractivity contribution in [2.45, 2.75) is 51.3 Å². The zero-order valence-electron chi connectivity index (χ0n) is 13.4. The monoisotopic (exact) mass is 348 g/mol. The van der Waals surface area contributed by atoms with E-state index in [2.05, 4.69) is 0 Å². The van der Waals surface area contributed by atoms with E-state index in [9.17, 15) is 19.2 Å². The van der Waals surface area contributed by atoms with Gasteiger partial charge >= 0.3 is 23.9 Å². The molecule has 0 N–H and O–H groups in total. The summed E-state index contributed by atoms with van der Waals surface area (Å²) in [6, 6.07) is 0. The Bertz CT molecular complexity index is 477. The number of esters is 4. The van der Waals surface area contributed by atoms with E-state index in [-0.39, 0.29) is 6.61 Å². The van der Waals surface area contributed by atoms with E-state index in [0.29, 0.717) is 5.75 Å². The summed E-state index contributed by atoms with van der Waals surface area (Å²) in [6.45, 7) is 4.91. The quantitative estimate of drug-likeness (QED) is 0.517. The molecule has 9 heteroatoms. The molecule has 1 aliphatic heterocycles. The molecule has 0 saturated carbocycles. The first-order chi connectivity index (χ1) is 10.7. The molecule has 0 amide bonds. The Morgan fingerprint density at radius 2 is 1.35 bits per heavy atom. The van der Waals surface area contributed by atoms with Gasteiger partial charge in [-0.15, -0.1) is 11.8 Å². The molecule has 1 heterocycles. The molecule has 0 aliphatic carbocycles. The third-order valence-electron chi connectivity index (χ3n) is 2.90. The van der Waals surface area contributed by atoms with Crippen LogP contribution in [0.25, 0.3) is 0 Å². The highest BCUT2D eigenvalue weighted by Crippen LogP contribution is 2.32. The number of ether oxygens (including phenoxy) is 4. The van der Waals surface area contributed by atoms with E-state index in [1.54, 1.807) is 0 Å². The Hall–Kier alpha value is -1.77. The second-order valence-corrected chi connectivity index (χ2v) is 6.24. The van der Waals surface area contributed by atoms with Gasteiger partial charge in [-0.25, -0.2) is 0 Å². The van der Waals surface area contributed by atoms with Gasteiger partial charge in [-0.05, 0) is 0 Å². The van der Waals surface area contributed by atoms with Crippen molar-refractivity contribution in [1.82, 2.24) is 0 Å². The van der Waals surface area contributed by atoms with E-state index >= 15 is 0 Å². The van der Waals surface area contributed by atoms with Crippen LogP contribution in [0.4, 0.5) is 0 Å². The molecule has 0 spiro atoms. The van der Waals surface area contributed by atoms with E-state index in [0.717, 1.165) is 0 Å². The van der Waals surface area contributed by atoms with Gasteiger partial charge in [0.25, 0.3) is 0 Å². The van der Waals surface area contributed by atoms with E-state index in [4.69, 9.17) is 18.9 Å². The summed E-state index contributed by atoms with van der Waals surface area (Å²) in [6.07, 6.45) is -2.60. The molecule has 0 aromatic heterocycles. The Morgan fingerprint density at radius 1 is 0.826 bits per heavy atom. The Labute approximate surface area is 138 Å². The maximum atomic E-state index is 11.4. The molecule has 0 radical (unpaired) electrons. The molecule has 23 heavy (non-hydrogen) atoms. The zero-order valence-corrected chi connectivity index (χ0v) is 14.2. The second-order valence-electron chi connectivity index (χ2n) is 4.97. The molecule has 1 saturated heterocycles. The smallest absolute Gasteiger partial charge is 0.303 e. The lowest BCUT2D eigenvalue weighted by atomic mass is 10.0. The Balaban J connectivity index is 2.98. The number of carbonyl (C=O) groups excluding carboxylic acids is 4. The van der Waals surface area contributed by atoms with Crippen LogP contribution < -0.4 is 0 Å². The van der Waals surface area contributed by atoms with Crippen molar-refractivity contribution < 1.29 is 38.1 Å². The predicted octanol–water partition coefficient (Wildman–Crippen LogP) is 0.460. The van der Waals surface area contributed by atoms with Crippen molar-refractivity contribution in [2.75, 3.05) is 12.4 Å². The van der Waals surface area contributed by atoms with Crippen LogP contribution in [0.2, 0.25) is 0 Å². The van der Waals surface area contributed by atoms with Gasteiger partial charge in [0.15, 0.2) is 18.3 Å². The molecule has 1 fully saturated rings. The Kier molecular flexibility index (Phi) is 7.34. The average molecular weight is 348 g/mol. The summed E-state index contributed by atoms with van der Waals surface area (Å²) < 4.78 is 20.6. The molecule has 0 aromatic rings. The average Bonchev–Trinajstić information content (AvgIpc) is 2.39. The highest BCUT2D eigenvalue weighted by Gasteiger charge is 2.46. The zero-order chi connectivity index (χ0) is 17.6. The fourth-order valence-corrected chi connectivity index (χ4v) is 3.42. The van der Waals surface area contributed by atoms with Crippen molar-refractivity contribution >= 4 is 35.6 Å². The Morgan fingerprint density at radius 3 is 1.83 bits per heavy atom. The van der Waals surface area contributed by atoms with Crippen LogP contribution in [0.5, 0.6) is 0 Å². The lowest BCUT2D eigenvalue weighted by Gasteiger charge is -2.39. The van der Waals surface area contributed by atoms with Gasteiger partial charge in [0.1, 0.15) is 6.61 Å². The van der Waals surface area contributed by atoms with Gasteiger partial charge in [-0.1, -0.05) is 0 Å². The van der Waals surface area contributed by atoms with Gasteiger partial charge < -0.3 is 18.9 Å². The maximum Gasteiger partial charge on any atom is 0.303 e. The van der Waals surface area contributed by atoms with Gasteiger partial charge in [-0.2, -0.15) is 0 Å². The topological polar surface area (TPSA) is 105 Å². The van der Waals surface area contributed by atoms with Crippen LogP contribution in [0.1, 0.15) is 27.7 Å². The summed E-state index contributed by atoms with van der Waals surface area (Å²) in [5, 5.41) is -0.432. The third-order valence-corrected chi connectivity index (χ3v) is 4.26. The van der Waals surface area contributed by atoms with Crippen molar-refractivity contribution in [3.05, 3.63) is 0 Å². The minimum atomic E-state index is -0.956. The standard InChI is InChI=1S/C14H20O8S/c1-7(15)19-5-12-14(22-10(4)18)13(21-9(3)17)11(6-23-12)20-8(2)16/h11-14H,5-6H2,1-4H3/t11-,12-,13-,14-/m1/s1. The lowest BCUT2D eigenvalue weighted by molar-refractivity contribution is -0.183. The van der Waals surface area contributed by atoms with E-state index in [1.165, 1.54) is 39.5 Å². The summed E-state index contributed by atoms with van der Waals surface area (Å²) in [7, 11) is 0. The van der Waals surface area contributed by atoms with E-state index < -0.39 is 47.4 Å². The molecule has 0 bridgehead atoms. The van der Waals surface area contributed by atoms with Crippen molar-refractivity contribution in [3.63, 3.8) is 0 Å². The molecule has 130 valence electrons. The predicted molar refractivity (Wildman–Crippen MR) is 79.5 cm³/mol. The summed E-state index contributed by atoms with van der Waals surface area (Å²) in [5.74, 6) is -1.86. The number of carbonyl (C=O) groups is 4. The highest BCUT2D eigenvalue weighted by molar-refractivity contribution is 8.00. The number of thioether (sulfide) groups is 1. The van der Waals surface area contributed by atoms with Gasteiger partial charge in [0.2, 0.25) is 0 Å². The fourth-order valence-electron chi connectivity index (χ4n) is 2.16. The highest BCUT2D eigenvalue weighted by atomic mass is 32.2. The fraction of sp³-hybridized carbons (Fsp3) is 0.714. The summed E-state index contributed by atoms with van der Waals surface area (Å²) >= 11 is 1.31. The van der Waals surface area contributed by atoms with E-state index in [1.807, 2.05) is 0 Å². The number of rotatable bonds is 5. The van der Waals surface area contributed by atoms with Gasteiger partial charge in [-0.3, -0.25) is 19.2 Å². The molecule has 0 unspecified atom stereocenters. The number of hydrogen-bond acceptors (Lipinski definition) is 9. The molecule has 8 nitrogen and oxygen atoms in total. The van der Waals surface area contributed by atoms with Crippen LogP contribution in [0.3, 0.4) is 0 Å². The van der Waals surface area contributed by atoms with Crippen molar-refractivity contribution in [1.29, 1.82) is 0 Å². The van der Waals surface area contributed by atoms with Crippen LogP contribution >= 0.6 is 11.8 Å². The van der Waals surface area contributed by atoms with Crippen LogP contribution in [0.15, 0.2) is 0 Å². The SMILES string of the molecule is CC(=O)OC[C@H]1SC[C@@H](OC(C)=O)[C@@H](OC(C)=O)[C@@H]1OC(C)=O. The van der Waals surface area contributed by atoms with Crippen molar-refractivity contribution in [3.8, 4) is 0 Å². The first kappa shape index (κ1) is 19.3.